The van der Waals surface area contributed by atoms with E-state index >= 15 is 0 Å². The van der Waals surface area contributed by atoms with Crippen LogP contribution in [0.4, 0.5) is 0 Å². The molecule has 140 valence electrons. The summed E-state index contributed by atoms with van der Waals surface area (Å²) in [5, 5.41) is 2.53. The molecule has 0 saturated heterocycles. The fourth-order valence-electron chi connectivity index (χ4n) is 1.73. The zero-order valence-electron chi connectivity index (χ0n) is 14.2. The van der Waals surface area contributed by atoms with Gasteiger partial charge in [0.1, 0.15) is 4.90 Å². The minimum absolute atomic E-state index is 0.0474. The van der Waals surface area contributed by atoms with Crippen LogP contribution in [0.2, 0.25) is 5.02 Å². The third kappa shape index (κ3) is 5.96. The number of amides is 1. The first-order valence-corrected chi connectivity index (χ1v) is 9.32. The van der Waals surface area contributed by atoms with Gasteiger partial charge in [-0.25, -0.2) is 13.2 Å². The number of nitrogens with zero attached hydrogens (tertiary/aromatic N) is 1. The molecule has 1 aromatic carbocycles. The van der Waals surface area contributed by atoms with Gasteiger partial charge in [-0.15, -0.1) is 0 Å². The average Bonchev–Trinajstić information content (AvgIpc) is 2.59. The summed E-state index contributed by atoms with van der Waals surface area (Å²) in [5.74, 6) is -1.26. The Hall–Kier alpha value is -1.68. The quantitative estimate of drug-likeness (QED) is 0.389. The molecule has 0 heterocycles. The van der Waals surface area contributed by atoms with Crippen LogP contribution < -0.4 is 5.32 Å². The van der Waals surface area contributed by atoms with Crippen LogP contribution in [-0.4, -0.2) is 52.1 Å². The summed E-state index contributed by atoms with van der Waals surface area (Å²) >= 11 is 5.91. The van der Waals surface area contributed by atoms with Crippen molar-refractivity contribution in [2.75, 3.05) is 27.3 Å². The van der Waals surface area contributed by atoms with Gasteiger partial charge < -0.3 is 10.1 Å². The normalized spacial score (nSPS) is 11.4. The van der Waals surface area contributed by atoms with Crippen LogP contribution in [-0.2, 0) is 24.4 Å². The molecule has 0 saturated carbocycles. The van der Waals surface area contributed by atoms with Gasteiger partial charge in [-0.1, -0.05) is 29.4 Å². The Morgan fingerprint density at radius 2 is 2.00 bits per heavy atom. The van der Waals surface area contributed by atoms with Gasteiger partial charge in [0.2, 0.25) is 0 Å². The lowest BCUT2D eigenvalue weighted by molar-refractivity contribution is -0.124. The van der Waals surface area contributed by atoms with Gasteiger partial charge in [0.05, 0.1) is 17.7 Å². The number of ether oxygens (including phenoxy) is 1. The maximum atomic E-state index is 12.3. The second kappa shape index (κ2) is 9.71. The molecule has 10 heteroatoms. The van der Waals surface area contributed by atoms with Gasteiger partial charge in [-0.2, -0.15) is 0 Å². The third-order valence-corrected chi connectivity index (χ3v) is 5.39. The minimum Gasteiger partial charge on any atom is -0.452 e. The number of halogens is 1. The van der Waals surface area contributed by atoms with Crippen LogP contribution in [0, 0.1) is 0 Å². The molecule has 0 aliphatic heterocycles. The van der Waals surface area contributed by atoms with E-state index in [-0.39, 0.29) is 15.5 Å². The summed E-state index contributed by atoms with van der Waals surface area (Å²) in [4.78, 5) is 27.9. The molecular formula is C15H21ClN2O6S. The van der Waals surface area contributed by atoms with Crippen LogP contribution in [0.3, 0.4) is 0 Å². The van der Waals surface area contributed by atoms with Crippen molar-refractivity contribution in [2.24, 2.45) is 0 Å². The number of rotatable bonds is 9. The largest absolute Gasteiger partial charge is 0.452 e. The predicted molar refractivity (Wildman–Crippen MR) is 91.6 cm³/mol. The zero-order chi connectivity index (χ0) is 19.0. The molecule has 0 aliphatic rings. The van der Waals surface area contributed by atoms with Crippen LogP contribution in [0.5, 0.6) is 0 Å². The first-order valence-electron chi connectivity index (χ1n) is 7.50. The molecule has 25 heavy (non-hydrogen) atoms. The Balaban J connectivity index is 2.85. The Labute approximate surface area is 152 Å². The molecule has 0 aliphatic carbocycles. The summed E-state index contributed by atoms with van der Waals surface area (Å²) in [5.41, 5.74) is -0.0474. The van der Waals surface area contributed by atoms with Crippen molar-refractivity contribution in [3.05, 3.63) is 28.8 Å². The molecule has 0 spiro atoms. The Morgan fingerprint density at radius 1 is 1.32 bits per heavy atom. The second-order valence-corrected chi connectivity index (χ2v) is 7.33. The summed E-state index contributed by atoms with van der Waals surface area (Å²) in [6, 6.07) is 3.64. The van der Waals surface area contributed by atoms with Gasteiger partial charge in [0.25, 0.3) is 15.9 Å². The molecule has 0 fully saturated rings. The van der Waals surface area contributed by atoms with E-state index in [1.807, 2.05) is 6.92 Å². The number of sulfonamides is 1. The first kappa shape index (κ1) is 21.4. The molecule has 0 aromatic heterocycles. The molecule has 1 amide bonds. The predicted octanol–water partition coefficient (Wildman–Crippen LogP) is 1.59. The van der Waals surface area contributed by atoms with Gasteiger partial charge in [0.15, 0.2) is 6.61 Å². The smallest absolute Gasteiger partial charge is 0.338 e. The number of hydrogen-bond donors (Lipinski definition) is 1. The van der Waals surface area contributed by atoms with Crippen LogP contribution in [0.25, 0.3) is 0 Å². The van der Waals surface area contributed by atoms with Crippen LogP contribution in [0.15, 0.2) is 23.1 Å². The summed E-state index contributed by atoms with van der Waals surface area (Å²) in [6.45, 7) is 2.03. The number of nitrogens with one attached hydrogen (secondary N) is 1. The van der Waals surface area contributed by atoms with Gasteiger partial charge >= 0.3 is 5.97 Å². The Morgan fingerprint density at radius 3 is 2.60 bits per heavy atom. The second-order valence-electron chi connectivity index (χ2n) is 5.02. The van der Waals surface area contributed by atoms with E-state index in [2.05, 4.69) is 10.2 Å². The highest BCUT2D eigenvalue weighted by Crippen LogP contribution is 2.25. The molecular weight excluding hydrogens is 372 g/mol. The molecule has 0 bridgehead atoms. The minimum atomic E-state index is -4.03. The van der Waals surface area contributed by atoms with E-state index < -0.39 is 28.5 Å². The average molecular weight is 393 g/mol. The van der Waals surface area contributed by atoms with Crippen molar-refractivity contribution in [1.82, 2.24) is 9.79 Å². The van der Waals surface area contributed by atoms with Crippen molar-refractivity contribution in [2.45, 2.75) is 24.7 Å². The number of carbonyl (C=O) groups excluding carboxylic acids is 2. The van der Waals surface area contributed by atoms with E-state index in [4.69, 9.17) is 16.3 Å². The fourth-order valence-corrected chi connectivity index (χ4v) is 3.21. The first-order chi connectivity index (χ1) is 11.7. The van der Waals surface area contributed by atoms with E-state index in [1.54, 1.807) is 0 Å². The zero-order valence-corrected chi connectivity index (χ0v) is 15.8. The number of carbonyl (C=O) groups is 2. The topological polar surface area (TPSA) is 102 Å². The van der Waals surface area contributed by atoms with Crippen molar-refractivity contribution < 1.29 is 27.6 Å². The lowest BCUT2D eigenvalue weighted by Crippen LogP contribution is -2.29. The molecule has 0 unspecified atom stereocenters. The summed E-state index contributed by atoms with van der Waals surface area (Å²) < 4.78 is 30.0. The van der Waals surface area contributed by atoms with Crippen molar-refractivity contribution in [3.8, 4) is 0 Å². The number of hydroxylamine groups is 1. The van der Waals surface area contributed by atoms with E-state index in [0.29, 0.717) is 11.0 Å². The highest BCUT2D eigenvalue weighted by Gasteiger charge is 2.25. The standard InChI is InChI=1S/C15H21ClN2O6S/c1-4-5-8-17-14(19)10-24-15(20)11-6-7-12(16)13(9-11)25(21,22)18(2)23-3/h6-7,9H,4-5,8,10H2,1-3H3,(H,17,19). The molecule has 0 radical (unpaired) electrons. The number of esters is 1. The monoisotopic (exact) mass is 392 g/mol. The highest BCUT2D eigenvalue weighted by molar-refractivity contribution is 7.89. The Bertz CT molecular complexity index is 723. The van der Waals surface area contributed by atoms with Crippen molar-refractivity contribution >= 4 is 33.5 Å². The van der Waals surface area contributed by atoms with E-state index in [1.165, 1.54) is 26.3 Å². The lowest BCUT2D eigenvalue weighted by atomic mass is 10.2. The maximum Gasteiger partial charge on any atom is 0.338 e. The summed E-state index contributed by atoms with van der Waals surface area (Å²) in [6.07, 6.45) is 1.75. The van der Waals surface area contributed by atoms with Crippen LogP contribution in [0.1, 0.15) is 30.1 Å². The van der Waals surface area contributed by atoms with E-state index in [0.717, 1.165) is 18.9 Å². The summed E-state index contributed by atoms with van der Waals surface area (Å²) in [7, 11) is -1.66. The van der Waals surface area contributed by atoms with Crippen molar-refractivity contribution in [3.63, 3.8) is 0 Å². The molecule has 0 atom stereocenters. The number of benzene rings is 1. The van der Waals surface area contributed by atoms with Crippen LogP contribution >= 0.6 is 11.6 Å². The lowest BCUT2D eigenvalue weighted by Gasteiger charge is -2.15. The molecule has 1 rings (SSSR count). The molecule has 1 aromatic rings. The SMILES string of the molecule is CCCCNC(=O)COC(=O)c1ccc(Cl)c(S(=O)(=O)N(C)OC)c1. The van der Waals surface area contributed by atoms with E-state index in [9.17, 15) is 18.0 Å². The molecule has 8 nitrogen and oxygen atoms in total. The fraction of sp³-hybridized carbons (Fsp3) is 0.467. The highest BCUT2D eigenvalue weighted by atomic mass is 35.5. The maximum absolute atomic E-state index is 12.3. The number of hydrogen-bond acceptors (Lipinski definition) is 6. The Kier molecular flexibility index (Phi) is 8.30. The molecule has 1 N–H and O–H groups in total. The van der Waals surface area contributed by atoms with Crippen molar-refractivity contribution in [1.29, 1.82) is 0 Å². The third-order valence-electron chi connectivity index (χ3n) is 3.23. The number of unbranched alkanes of at least 4 members (excludes halogenated alkanes) is 1. The van der Waals surface area contributed by atoms with Gasteiger partial charge in [-0.3, -0.25) is 9.63 Å². The van der Waals surface area contributed by atoms with Gasteiger partial charge in [-0.05, 0) is 24.6 Å². The van der Waals surface area contributed by atoms with Gasteiger partial charge in [0, 0.05) is 13.6 Å².